The Labute approximate surface area is 93.5 Å². The molecule has 0 aliphatic heterocycles. The molecule has 0 aromatic rings. The lowest BCUT2D eigenvalue weighted by molar-refractivity contribution is -0.173. The molecule has 0 aromatic carbocycles. The van der Waals surface area contributed by atoms with Crippen LogP contribution in [0.15, 0.2) is 0 Å². The summed E-state index contributed by atoms with van der Waals surface area (Å²) < 4.78 is 22.3. The molecule has 5 nitrogen and oxygen atoms in total. The van der Waals surface area contributed by atoms with Gasteiger partial charge in [-0.1, -0.05) is 0 Å². The van der Waals surface area contributed by atoms with Crippen molar-refractivity contribution < 1.29 is 23.5 Å². The normalized spacial score (nSPS) is 10.1. The van der Waals surface area contributed by atoms with Gasteiger partial charge in [-0.3, -0.25) is 0 Å². The fraction of sp³-hybridized carbons (Fsp3) is 0.750. The lowest BCUT2D eigenvalue weighted by Gasteiger charge is -2.18. The minimum absolute atomic E-state index is 0. The summed E-state index contributed by atoms with van der Waals surface area (Å²) in [6.45, 7) is 2.17. The zero-order chi connectivity index (χ0) is 11.2. The lowest BCUT2D eigenvalue weighted by atomic mass is 10.1. The third-order valence-electron chi connectivity index (χ3n) is 1.48. The van der Waals surface area contributed by atoms with Gasteiger partial charge in [0.25, 0.3) is 0 Å². The molecule has 0 saturated carbocycles. The van der Waals surface area contributed by atoms with Crippen LogP contribution in [0.2, 0.25) is 0 Å². The second-order valence-corrected chi connectivity index (χ2v) is 2.45. The molecule has 0 unspecified atom stereocenters. The molecule has 0 fully saturated rings. The van der Waals surface area contributed by atoms with Crippen LogP contribution in [0, 0.1) is 0 Å². The number of rotatable bonds is 5. The Morgan fingerprint density at radius 1 is 1.20 bits per heavy atom. The van der Waals surface area contributed by atoms with Crippen molar-refractivity contribution in [1.29, 1.82) is 0 Å². The van der Waals surface area contributed by atoms with E-state index in [1.54, 1.807) is 0 Å². The van der Waals surface area contributed by atoms with Crippen LogP contribution < -0.4 is 5.73 Å². The van der Waals surface area contributed by atoms with E-state index in [0.29, 0.717) is 0 Å². The minimum atomic E-state index is -2.88. The average molecular weight is 244 g/mol. The largest absolute Gasteiger partial charge is 0.463 e. The Kier molecular flexibility index (Phi) is 8.18. The number of carbonyl (C=O) groups is 2. The van der Waals surface area contributed by atoms with E-state index in [1.165, 1.54) is 13.8 Å². The summed E-state index contributed by atoms with van der Waals surface area (Å²) in [5.41, 5.74) is 2.11. The molecular weight excluding hydrogens is 229 g/mol. The maximum absolute atomic E-state index is 13.6. The van der Waals surface area contributed by atoms with E-state index in [-0.39, 0.29) is 25.6 Å². The highest BCUT2D eigenvalue weighted by Gasteiger charge is 2.48. The maximum Gasteiger partial charge on any atom is 0.357 e. The first-order valence-electron chi connectivity index (χ1n) is 4.26. The van der Waals surface area contributed by atoms with E-state index in [2.05, 4.69) is 9.47 Å². The highest BCUT2D eigenvalue weighted by Crippen LogP contribution is 2.14. The highest BCUT2D eigenvalue weighted by molar-refractivity contribution is 6.03. The molecule has 0 bridgehead atoms. The summed E-state index contributed by atoms with van der Waals surface area (Å²) >= 11 is 0. The maximum atomic E-state index is 13.6. The zero-order valence-corrected chi connectivity index (χ0v) is 9.43. The second-order valence-electron chi connectivity index (χ2n) is 2.45. The van der Waals surface area contributed by atoms with E-state index in [0.717, 1.165) is 0 Å². The Morgan fingerprint density at radius 2 is 1.53 bits per heavy atom. The van der Waals surface area contributed by atoms with Crippen LogP contribution in [0.25, 0.3) is 0 Å². The third kappa shape index (κ3) is 4.01. The number of hydrogen-bond acceptors (Lipinski definition) is 5. The topological polar surface area (TPSA) is 78.6 Å². The molecule has 0 aliphatic rings. The highest BCUT2D eigenvalue weighted by atomic mass is 35.5. The van der Waals surface area contributed by atoms with Crippen LogP contribution >= 0.6 is 12.4 Å². The molecule has 0 spiro atoms. The minimum Gasteiger partial charge on any atom is -0.463 e. The second kappa shape index (κ2) is 7.42. The summed E-state index contributed by atoms with van der Waals surface area (Å²) in [4.78, 5) is 22.1. The van der Waals surface area contributed by atoms with Gasteiger partial charge in [0.2, 0.25) is 0 Å². The Hall–Kier alpha value is -0.880. The summed E-state index contributed by atoms with van der Waals surface area (Å²) in [6, 6.07) is 0. The molecule has 90 valence electrons. The van der Waals surface area contributed by atoms with Gasteiger partial charge in [0, 0.05) is 6.54 Å². The van der Waals surface area contributed by atoms with Crippen molar-refractivity contribution in [3.63, 3.8) is 0 Å². The molecule has 7 heteroatoms. The Balaban J connectivity index is 0. The molecule has 2 N–H and O–H groups in total. The first-order valence-corrected chi connectivity index (χ1v) is 4.26. The Morgan fingerprint density at radius 3 is 1.73 bits per heavy atom. The SMILES string of the molecule is CCOC(=O)C(F)(CN)C(=O)OCC.Cl. The monoisotopic (exact) mass is 243 g/mol. The van der Waals surface area contributed by atoms with Crippen molar-refractivity contribution >= 4 is 24.3 Å². The van der Waals surface area contributed by atoms with Crippen LogP contribution in [-0.4, -0.2) is 37.4 Å². The predicted molar refractivity (Wildman–Crippen MR) is 53.4 cm³/mol. The number of ether oxygens (including phenoxy) is 2. The quantitative estimate of drug-likeness (QED) is 0.551. The number of carbonyl (C=O) groups excluding carboxylic acids is 2. The van der Waals surface area contributed by atoms with Gasteiger partial charge in [0.15, 0.2) is 0 Å². The molecule has 0 aromatic heterocycles. The van der Waals surface area contributed by atoms with Gasteiger partial charge < -0.3 is 15.2 Å². The van der Waals surface area contributed by atoms with Crippen molar-refractivity contribution in [2.45, 2.75) is 19.5 Å². The van der Waals surface area contributed by atoms with Crippen LogP contribution in [0.5, 0.6) is 0 Å². The van der Waals surface area contributed by atoms with E-state index >= 15 is 0 Å². The molecule has 0 heterocycles. The van der Waals surface area contributed by atoms with Crippen molar-refractivity contribution in [3.05, 3.63) is 0 Å². The molecular formula is C8H15ClFNO4. The van der Waals surface area contributed by atoms with Gasteiger partial charge in [-0.2, -0.15) is 0 Å². The lowest BCUT2D eigenvalue weighted by Crippen LogP contribution is -2.50. The van der Waals surface area contributed by atoms with Gasteiger partial charge in [0.05, 0.1) is 13.2 Å². The number of alkyl halides is 1. The molecule has 0 radical (unpaired) electrons. The summed E-state index contributed by atoms with van der Waals surface area (Å²) in [6.07, 6.45) is 0. The molecule has 0 atom stereocenters. The number of esters is 2. The average Bonchev–Trinajstić information content (AvgIpc) is 2.17. The van der Waals surface area contributed by atoms with Gasteiger partial charge in [-0.05, 0) is 13.8 Å². The Bertz CT molecular complexity index is 207. The fourth-order valence-electron chi connectivity index (χ4n) is 0.741. The first-order chi connectivity index (χ1) is 6.52. The molecule has 0 amide bonds. The van der Waals surface area contributed by atoms with E-state index in [4.69, 9.17) is 5.73 Å². The van der Waals surface area contributed by atoms with Crippen molar-refractivity contribution in [2.24, 2.45) is 5.73 Å². The number of hydrogen-bond donors (Lipinski definition) is 1. The van der Waals surface area contributed by atoms with Crippen molar-refractivity contribution in [3.8, 4) is 0 Å². The zero-order valence-electron chi connectivity index (χ0n) is 8.62. The van der Waals surface area contributed by atoms with E-state index in [1.807, 2.05) is 0 Å². The van der Waals surface area contributed by atoms with Crippen LogP contribution in [-0.2, 0) is 19.1 Å². The van der Waals surface area contributed by atoms with E-state index < -0.39 is 24.2 Å². The van der Waals surface area contributed by atoms with Gasteiger partial charge >= 0.3 is 17.6 Å². The summed E-state index contributed by atoms with van der Waals surface area (Å²) in [5.74, 6) is -2.61. The molecule has 0 saturated heterocycles. The van der Waals surface area contributed by atoms with Crippen LogP contribution in [0.3, 0.4) is 0 Å². The van der Waals surface area contributed by atoms with E-state index in [9.17, 15) is 14.0 Å². The standard InChI is InChI=1S/C8H14FNO4.ClH/c1-3-13-6(11)8(9,5-10)7(12)14-4-2;/h3-5,10H2,1-2H3;1H. The summed E-state index contributed by atoms with van der Waals surface area (Å²) in [5, 5.41) is 0. The number of halogens is 2. The van der Waals surface area contributed by atoms with Crippen LogP contribution in [0.4, 0.5) is 4.39 Å². The third-order valence-corrected chi connectivity index (χ3v) is 1.48. The van der Waals surface area contributed by atoms with Gasteiger partial charge in [0.1, 0.15) is 0 Å². The van der Waals surface area contributed by atoms with Gasteiger partial charge in [-0.25, -0.2) is 14.0 Å². The molecule has 0 aliphatic carbocycles. The van der Waals surface area contributed by atoms with Crippen LogP contribution in [0.1, 0.15) is 13.8 Å². The first kappa shape index (κ1) is 16.5. The summed E-state index contributed by atoms with van der Waals surface area (Å²) in [7, 11) is 0. The fourth-order valence-corrected chi connectivity index (χ4v) is 0.741. The molecule has 15 heavy (non-hydrogen) atoms. The molecule has 0 rings (SSSR count). The van der Waals surface area contributed by atoms with Crippen molar-refractivity contribution in [2.75, 3.05) is 19.8 Å². The number of nitrogens with two attached hydrogens (primary N) is 1. The van der Waals surface area contributed by atoms with Crippen molar-refractivity contribution in [1.82, 2.24) is 0 Å². The van der Waals surface area contributed by atoms with Gasteiger partial charge in [-0.15, -0.1) is 12.4 Å². The predicted octanol–water partition coefficient (Wildman–Crippen LogP) is 0.201. The smallest absolute Gasteiger partial charge is 0.357 e.